The average molecular weight is 991 g/mol. The third kappa shape index (κ3) is 20.7. The molecule has 0 radical (unpaired) electrons. The molecule has 0 spiro atoms. The van der Waals surface area contributed by atoms with E-state index in [4.69, 9.17) is 22.3 Å². The second kappa shape index (κ2) is 28.8. The summed E-state index contributed by atoms with van der Waals surface area (Å²) in [7, 11) is 0. The van der Waals surface area contributed by atoms with Gasteiger partial charge >= 0.3 is 17.9 Å². The number of aliphatic carboxylic acids is 3. The molecule has 70 heavy (non-hydrogen) atoms. The highest BCUT2D eigenvalue weighted by molar-refractivity contribution is 6.00. The highest BCUT2D eigenvalue weighted by Crippen LogP contribution is 2.17. The van der Waals surface area contributed by atoms with Crippen LogP contribution in [0.3, 0.4) is 0 Å². The van der Waals surface area contributed by atoms with Gasteiger partial charge < -0.3 is 80.0 Å². The largest absolute Gasteiger partial charge is 0.481 e. The first kappa shape index (κ1) is 57.9. The Balaban J connectivity index is 2.32. The number of hydrogen-bond acceptors (Lipinski definition) is 15. The molecule has 1 fully saturated rings. The minimum Gasteiger partial charge on any atom is -0.481 e. The molecule has 1 aliphatic rings. The van der Waals surface area contributed by atoms with E-state index in [1.165, 1.54) is 24.0 Å². The molecule has 11 amide bonds. The molecule has 1 saturated heterocycles. The monoisotopic (exact) mass is 990 g/mol. The predicted molar refractivity (Wildman–Crippen MR) is 236 cm³/mol. The van der Waals surface area contributed by atoms with Crippen molar-refractivity contribution in [3.63, 3.8) is 0 Å². The van der Waals surface area contributed by atoms with E-state index in [2.05, 4.69) is 37.2 Å². The molecule has 1 heterocycles. The van der Waals surface area contributed by atoms with Gasteiger partial charge in [0.05, 0.1) is 25.9 Å². The van der Waals surface area contributed by atoms with Crippen LogP contribution in [-0.4, -0.2) is 172 Å². The molecule has 0 saturated carbocycles. The Hall–Kier alpha value is -8.24. The lowest BCUT2D eigenvalue weighted by atomic mass is 10.0. The van der Waals surface area contributed by atoms with Crippen LogP contribution in [0.4, 0.5) is 0 Å². The summed E-state index contributed by atoms with van der Waals surface area (Å²) >= 11 is 0. The number of nitrogens with one attached hydrogen (secondary N) is 8. The van der Waals surface area contributed by atoms with Crippen LogP contribution >= 0.6 is 0 Å². The maximum absolute atomic E-state index is 13.9. The van der Waals surface area contributed by atoms with E-state index in [9.17, 15) is 77.3 Å². The summed E-state index contributed by atoms with van der Waals surface area (Å²) in [4.78, 5) is 177. The third-order valence-electron chi connectivity index (χ3n) is 10.2. The van der Waals surface area contributed by atoms with E-state index in [0.29, 0.717) is 12.0 Å². The summed E-state index contributed by atoms with van der Waals surface area (Å²) < 4.78 is 0. The SMILES string of the molecule is C[C@H](NC(=O)[C@@H]1CCCN1C(=O)CN)C(=O)N[C@@H](CC(=O)O)C(=O)N[C@@H](CC(N)=O)C(=O)N[C@@H](Cc1ccccc1)C(=O)N[C@@H](CCC(=O)O)C(=O)NCC(=O)N[C@@H](CCC(N)=O)C(=O)NCC(=O)O. The summed E-state index contributed by atoms with van der Waals surface area (Å²) in [5, 5.41) is 45.5. The first-order valence-electron chi connectivity index (χ1n) is 21.5. The van der Waals surface area contributed by atoms with Crippen LogP contribution in [0.1, 0.15) is 63.9 Å². The predicted octanol–water partition coefficient (Wildman–Crippen LogP) is -7.10. The molecule has 29 nitrogen and oxygen atoms in total. The Labute approximate surface area is 398 Å². The van der Waals surface area contributed by atoms with Crippen molar-refractivity contribution in [3.8, 4) is 0 Å². The zero-order chi connectivity index (χ0) is 52.7. The van der Waals surface area contributed by atoms with Crippen LogP contribution in [0.25, 0.3) is 0 Å². The standard InChI is InChI=1S/C41H58N12O17/c1-20(47-41(70)27-8-5-13-53(27)31(57)17-42)35(64)50-26(16-33(60)61)40(69)52-25(15-29(44)55)39(68)51-24(14-21-6-3-2-4-7-21)38(67)49-23(10-12-32(58)59)37(66)45-18-30(56)48-22(9-11-28(43)54)36(65)46-19-34(62)63/h2-4,6-7,20,22-27H,5,8-19,42H2,1H3,(H2,43,54)(H2,44,55)(H,45,66)(H,46,65)(H,47,70)(H,48,56)(H,49,67)(H,50,64)(H,51,68)(H,52,69)(H,58,59)(H,60,61)(H,62,63)/t20-,22-,23-,24-,25-,26-,27-/m0/s1. The number of carbonyl (C=O) groups is 14. The molecule has 7 atom stereocenters. The van der Waals surface area contributed by atoms with E-state index >= 15 is 0 Å². The Morgan fingerprint density at radius 1 is 0.600 bits per heavy atom. The summed E-state index contributed by atoms with van der Waals surface area (Å²) in [6, 6.07) is -3.30. The lowest BCUT2D eigenvalue weighted by Gasteiger charge is -2.27. The van der Waals surface area contributed by atoms with Gasteiger partial charge in [-0.25, -0.2) is 0 Å². The van der Waals surface area contributed by atoms with Gasteiger partial charge in [0, 0.05) is 25.8 Å². The Morgan fingerprint density at radius 3 is 1.69 bits per heavy atom. The van der Waals surface area contributed by atoms with Crippen molar-refractivity contribution in [3.05, 3.63) is 35.9 Å². The van der Waals surface area contributed by atoms with Crippen molar-refractivity contribution in [1.82, 2.24) is 47.4 Å². The normalized spacial score (nSPS) is 15.4. The zero-order valence-corrected chi connectivity index (χ0v) is 37.9. The number of likely N-dealkylation sites (tertiary alicyclic amines) is 1. The highest BCUT2D eigenvalue weighted by Gasteiger charge is 2.37. The highest BCUT2D eigenvalue weighted by atomic mass is 16.4. The Bertz CT molecular complexity index is 2140. The maximum Gasteiger partial charge on any atom is 0.322 e. The molecule has 1 aliphatic heterocycles. The number of hydrogen-bond donors (Lipinski definition) is 14. The summed E-state index contributed by atoms with van der Waals surface area (Å²) in [5.74, 6) is -15.7. The molecule has 0 aliphatic carbocycles. The van der Waals surface area contributed by atoms with Crippen molar-refractivity contribution in [1.29, 1.82) is 0 Å². The first-order valence-corrected chi connectivity index (χ1v) is 21.5. The van der Waals surface area contributed by atoms with Crippen molar-refractivity contribution >= 4 is 82.9 Å². The van der Waals surface area contributed by atoms with Gasteiger partial charge in [0.2, 0.25) is 65.0 Å². The summed E-state index contributed by atoms with van der Waals surface area (Å²) in [6.45, 7) is -0.648. The number of benzene rings is 1. The molecular weight excluding hydrogens is 933 g/mol. The summed E-state index contributed by atoms with van der Waals surface area (Å²) in [6.07, 6.45) is -3.72. The van der Waals surface area contributed by atoms with E-state index in [1.54, 1.807) is 18.2 Å². The van der Waals surface area contributed by atoms with E-state index in [1.807, 2.05) is 5.32 Å². The molecular formula is C41H58N12O17. The second-order valence-electron chi connectivity index (χ2n) is 15.8. The maximum atomic E-state index is 13.9. The van der Waals surface area contributed by atoms with E-state index < -0.39 is 170 Å². The third-order valence-corrected chi connectivity index (χ3v) is 10.2. The molecule has 2 rings (SSSR count). The number of nitrogens with zero attached hydrogens (tertiary/aromatic N) is 1. The zero-order valence-electron chi connectivity index (χ0n) is 37.9. The molecule has 0 aromatic heterocycles. The van der Waals surface area contributed by atoms with Crippen molar-refractivity contribution in [2.45, 2.75) is 107 Å². The first-order chi connectivity index (χ1) is 32.9. The van der Waals surface area contributed by atoms with Gasteiger partial charge in [-0.3, -0.25) is 67.1 Å². The molecule has 17 N–H and O–H groups in total. The van der Waals surface area contributed by atoms with Gasteiger partial charge in [0.25, 0.3) is 0 Å². The minimum absolute atomic E-state index is 0.245. The van der Waals surface area contributed by atoms with E-state index in [-0.39, 0.29) is 32.4 Å². The lowest BCUT2D eigenvalue weighted by molar-refractivity contribution is -0.142. The van der Waals surface area contributed by atoms with Gasteiger partial charge in [0.1, 0.15) is 48.8 Å². The van der Waals surface area contributed by atoms with Gasteiger partial charge in [-0.05, 0) is 38.2 Å². The number of nitrogens with two attached hydrogens (primary N) is 3. The number of rotatable bonds is 30. The molecule has 29 heteroatoms. The number of amides is 11. The van der Waals surface area contributed by atoms with Gasteiger partial charge in [-0.15, -0.1) is 0 Å². The Kier molecular flexibility index (Phi) is 23.8. The number of primary amides is 2. The van der Waals surface area contributed by atoms with Crippen molar-refractivity contribution in [2.24, 2.45) is 17.2 Å². The second-order valence-corrected chi connectivity index (χ2v) is 15.8. The lowest BCUT2D eigenvalue weighted by Crippen LogP contribution is -2.60. The number of carboxylic acids is 3. The molecule has 1 aromatic carbocycles. The van der Waals surface area contributed by atoms with Crippen LogP contribution in [0, 0.1) is 0 Å². The molecule has 0 unspecified atom stereocenters. The van der Waals surface area contributed by atoms with Crippen LogP contribution in [0.5, 0.6) is 0 Å². The topological polar surface area (TPSA) is 477 Å². The minimum atomic E-state index is -1.95. The fraction of sp³-hybridized carbons (Fsp3) is 0.512. The van der Waals surface area contributed by atoms with Gasteiger partial charge in [0.15, 0.2) is 0 Å². The van der Waals surface area contributed by atoms with Gasteiger partial charge in [-0.1, -0.05) is 30.3 Å². The van der Waals surface area contributed by atoms with Crippen molar-refractivity contribution < 1.29 is 82.4 Å². The van der Waals surface area contributed by atoms with Gasteiger partial charge in [-0.2, -0.15) is 0 Å². The fourth-order valence-corrected chi connectivity index (χ4v) is 6.71. The molecule has 384 valence electrons. The van der Waals surface area contributed by atoms with Crippen LogP contribution in [0.15, 0.2) is 30.3 Å². The number of carbonyl (C=O) groups excluding carboxylic acids is 11. The average Bonchev–Trinajstić information content (AvgIpc) is 3.79. The fourth-order valence-electron chi connectivity index (χ4n) is 6.71. The van der Waals surface area contributed by atoms with Crippen LogP contribution in [0.2, 0.25) is 0 Å². The summed E-state index contributed by atoms with van der Waals surface area (Å²) in [5.41, 5.74) is 16.3. The number of carboxylic acid groups (broad SMARTS) is 3. The van der Waals surface area contributed by atoms with E-state index in [0.717, 1.165) is 0 Å². The Morgan fingerprint density at radius 2 is 1.13 bits per heavy atom. The van der Waals surface area contributed by atoms with Crippen LogP contribution < -0.4 is 59.7 Å². The molecule has 0 bridgehead atoms. The quantitative estimate of drug-likeness (QED) is 0.0341. The van der Waals surface area contributed by atoms with Crippen LogP contribution in [-0.2, 0) is 73.5 Å². The molecule has 1 aromatic rings. The smallest absolute Gasteiger partial charge is 0.322 e. The van der Waals surface area contributed by atoms with Crippen molar-refractivity contribution in [2.75, 3.05) is 26.2 Å².